The maximum Gasteiger partial charge on any atom is 0.232 e. The third kappa shape index (κ3) is 2.10. The minimum absolute atomic E-state index is 0.143. The van der Waals surface area contributed by atoms with Gasteiger partial charge in [-0.15, -0.1) is 0 Å². The molecule has 2 N–H and O–H groups in total. The lowest BCUT2D eigenvalue weighted by Gasteiger charge is -2.35. The highest BCUT2D eigenvalue weighted by molar-refractivity contribution is 5.65. The molecule has 98 valence electrons. The van der Waals surface area contributed by atoms with Crippen molar-refractivity contribution in [1.29, 1.82) is 0 Å². The predicted molar refractivity (Wildman–Crippen MR) is 64.1 cm³/mol. The van der Waals surface area contributed by atoms with Crippen LogP contribution in [0.3, 0.4) is 0 Å². The number of anilines is 1. The molecule has 2 aliphatic heterocycles. The molecule has 1 fully saturated rings. The van der Waals surface area contributed by atoms with Crippen molar-refractivity contribution in [2.75, 3.05) is 37.7 Å². The molecule has 1 unspecified atom stereocenters. The molecule has 0 spiro atoms. The number of fused-ring (bicyclic) bond motifs is 1. The first-order valence-electron chi connectivity index (χ1n) is 6.03. The minimum atomic E-state index is -0.901. The SMILES string of the molecule is OC1COc2c(cccc2N2CCN(O)CC2)O1. The molecular formula is C12H16N2O4. The largest absolute Gasteiger partial charge is 0.481 e. The Morgan fingerprint density at radius 2 is 1.94 bits per heavy atom. The second-order valence-electron chi connectivity index (χ2n) is 4.43. The van der Waals surface area contributed by atoms with Gasteiger partial charge in [0.2, 0.25) is 6.29 Å². The summed E-state index contributed by atoms with van der Waals surface area (Å²) in [5.74, 6) is 1.24. The second-order valence-corrected chi connectivity index (χ2v) is 4.43. The first-order chi connectivity index (χ1) is 8.74. The van der Waals surface area contributed by atoms with Crippen molar-refractivity contribution in [3.63, 3.8) is 0 Å². The third-order valence-corrected chi connectivity index (χ3v) is 3.19. The fourth-order valence-electron chi connectivity index (χ4n) is 2.26. The van der Waals surface area contributed by atoms with Gasteiger partial charge in [0.1, 0.15) is 0 Å². The average Bonchev–Trinajstić information content (AvgIpc) is 2.38. The zero-order valence-corrected chi connectivity index (χ0v) is 9.95. The van der Waals surface area contributed by atoms with E-state index in [1.165, 1.54) is 5.06 Å². The quantitative estimate of drug-likeness (QED) is 0.749. The topological polar surface area (TPSA) is 65.4 Å². The van der Waals surface area contributed by atoms with Crippen molar-refractivity contribution in [3.05, 3.63) is 18.2 Å². The lowest BCUT2D eigenvalue weighted by molar-refractivity contribution is -0.0937. The summed E-state index contributed by atoms with van der Waals surface area (Å²) in [7, 11) is 0. The van der Waals surface area contributed by atoms with Crippen LogP contribution in [0.2, 0.25) is 0 Å². The smallest absolute Gasteiger partial charge is 0.232 e. The van der Waals surface area contributed by atoms with E-state index in [9.17, 15) is 10.3 Å². The molecule has 2 heterocycles. The Morgan fingerprint density at radius 3 is 2.72 bits per heavy atom. The molecule has 0 bridgehead atoms. The van der Waals surface area contributed by atoms with Gasteiger partial charge in [0, 0.05) is 26.2 Å². The predicted octanol–water partition coefficient (Wildman–Crippen LogP) is 0.287. The lowest BCUT2D eigenvalue weighted by Crippen LogP contribution is -2.45. The molecule has 3 rings (SSSR count). The van der Waals surface area contributed by atoms with Gasteiger partial charge in [0.05, 0.1) is 5.69 Å². The Kier molecular flexibility index (Phi) is 2.99. The van der Waals surface area contributed by atoms with E-state index in [0.29, 0.717) is 24.6 Å². The molecule has 0 aliphatic carbocycles. The van der Waals surface area contributed by atoms with E-state index in [2.05, 4.69) is 4.90 Å². The number of nitrogens with zero attached hydrogens (tertiary/aromatic N) is 2. The van der Waals surface area contributed by atoms with Crippen molar-refractivity contribution in [1.82, 2.24) is 5.06 Å². The van der Waals surface area contributed by atoms with Gasteiger partial charge in [-0.25, -0.2) is 0 Å². The van der Waals surface area contributed by atoms with Crippen LogP contribution in [-0.2, 0) is 0 Å². The summed E-state index contributed by atoms with van der Waals surface area (Å²) in [5, 5.41) is 20.1. The highest BCUT2D eigenvalue weighted by atomic mass is 16.7. The van der Waals surface area contributed by atoms with Crippen LogP contribution in [0.1, 0.15) is 0 Å². The number of hydrogen-bond acceptors (Lipinski definition) is 6. The van der Waals surface area contributed by atoms with Gasteiger partial charge in [-0.3, -0.25) is 0 Å². The Labute approximate surface area is 105 Å². The van der Waals surface area contributed by atoms with Crippen molar-refractivity contribution in [2.24, 2.45) is 0 Å². The number of aliphatic hydroxyl groups is 1. The van der Waals surface area contributed by atoms with E-state index in [-0.39, 0.29) is 6.61 Å². The third-order valence-electron chi connectivity index (χ3n) is 3.19. The number of para-hydroxylation sites is 1. The van der Waals surface area contributed by atoms with Gasteiger partial charge in [-0.2, -0.15) is 5.06 Å². The van der Waals surface area contributed by atoms with Crippen molar-refractivity contribution < 1.29 is 19.8 Å². The number of hydrogen-bond donors (Lipinski definition) is 2. The van der Waals surface area contributed by atoms with Crippen molar-refractivity contribution in [2.45, 2.75) is 6.29 Å². The second kappa shape index (κ2) is 4.64. The van der Waals surface area contributed by atoms with E-state index in [1.807, 2.05) is 12.1 Å². The van der Waals surface area contributed by atoms with E-state index in [1.54, 1.807) is 6.07 Å². The van der Waals surface area contributed by atoms with E-state index < -0.39 is 6.29 Å². The van der Waals surface area contributed by atoms with Gasteiger partial charge in [0.15, 0.2) is 18.1 Å². The number of hydroxylamine groups is 2. The fraction of sp³-hybridized carbons (Fsp3) is 0.500. The molecule has 1 aromatic rings. The molecule has 1 saturated heterocycles. The molecule has 0 aromatic heterocycles. The number of piperazine rings is 1. The number of aliphatic hydroxyl groups excluding tert-OH is 1. The van der Waals surface area contributed by atoms with Gasteiger partial charge in [-0.1, -0.05) is 6.07 Å². The van der Waals surface area contributed by atoms with Gasteiger partial charge < -0.3 is 24.7 Å². The van der Waals surface area contributed by atoms with Crippen LogP contribution in [0.25, 0.3) is 0 Å². The van der Waals surface area contributed by atoms with Gasteiger partial charge in [-0.05, 0) is 12.1 Å². The summed E-state index contributed by atoms with van der Waals surface area (Å²) in [4.78, 5) is 2.15. The molecule has 0 amide bonds. The zero-order chi connectivity index (χ0) is 12.5. The Bertz CT molecular complexity index is 432. The van der Waals surface area contributed by atoms with E-state index in [4.69, 9.17) is 9.47 Å². The number of ether oxygens (including phenoxy) is 2. The molecule has 1 aromatic carbocycles. The highest BCUT2D eigenvalue weighted by Crippen LogP contribution is 2.40. The number of rotatable bonds is 1. The Hall–Kier alpha value is -1.50. The zero-order valence-electron chi connectivity index (χ0n) is 9.95. The maximum absolute atomic E-state index is 9.39. The molecule has 18 heavy (non-hydrogen) atoms. The summed E-state index contributed by atoms with van der Waals surface area (Å²) in [5.41, 5.74) is 0.951. The monoisotopic (exact) mass is 252 g/mol. The summed E-state index contributed by atoms with van der Waals surface area (Å²) in [6.07, 6.45) is -0.901. The van der Waals surface area contributed by atoms with Gasteiger partial charge >= 0.3 is 0 Å². The lowest BCUT2D eigenvalue weighted by atomic mass is 10.2. The van der Waals surface area contributed by atoms with Crippen LogP contribution in [0.5, 0.6) is 11.5 Å². The van der Waals surface area contributed by atoms with Crippen LogP contribution >= 0.6 is 0 Å². The molecule has 2 aliphatic rings. The molecule has 6 nitrogen and oxygen atoms in total. The number of benzene rings is 1. The highest BCUT2D eigenvalue weighted by Gasteiger charge is 2.25. The summed E-state index contributed by atoms with van der Waals surface area (Å²) >= 11 is 0. The van der Waals surface area contributed by atoms with Gasteiger partial charge in [0.25, 0.3) is 0 Å². The van der Waals surface area contributed by atoms with Crippen LogP contribution in [0.15, 0.2) is 18.2 Å². The van der Waals surface area contributed by atoms with Crippen LogP contribution in [0, 0.1) is 0 Å². The molecule has 0 radical (unpaired) electrons. The Balaban J connectivity index is 1.86. The fourth-order valence-corrected chi connectivity index (χ4v) is 2.26. The normalized spacial score (nSPS) is 24.1. The molecule has 0 saturated carbocycles. The molecule has 1 atom stereocenters. The first-order valence-corrected chi connectivity index (χ1v) is 6.03. The minimum Gasteiger partial charge on any atom is -0.481 e. The van der Waals surface area contributed by atoms with Crippen molar-refractivity contribution >= 4 is 5.69 Å². The van der Waals surface area contributed by atoms with E-state index in [0.717, 1.165) is 18.8 Å². The first kappa shape index (κ1) is 11.6. The average molecular weight is 252 g/mol. The van der Waals surface area contributed by atoms with Crippen LogP contribution in [0.4, 0.5) is 5.69 Å². The maximum atomic E-state index is 9.39. The summed E-state index contributed by atoms with van der Waals surface area (Å²) < 4.78 is 10.9. The van der Waals surface area contributed by atoms with Crippen LogP contribution < -0.4 is 14.4 Å². The standard InChI is InChI=1S/C12H16N2O4/c15-11-8-17-12-9(2-1-3-10(12)18-11)13-4-6-14(16)7-5-13/h1-3,11,15-16H,4-8H2. The van der Waals surface area contributed by atoms with Crippen LogP contribution in [-0.4, -0.2) is 54.5 Å². The summed E-state index contributed by atoms with van der Waals surface area (Å²) in [6, 6.07) is 5.62. The van der Waals surface area contributed by atoms with E-state index >= 15 is 0 Å². The molecule has 6 heteroatoms. The van der Waals surface area contributed by atoms with Crippen molar-refractivity contribution in [3.8, 4) is 11.5 Å². The Morgan fingerprint density at radius 1 is 1.17 bits per heavy atom. The molecular weight excluding hydrogens is 236 g/mol. The summed E-state index contributed by atoms with van der Waals surface area (Å²) in [6.45, 7) is 2.82.